The smallest absolute Gasteiger partial charge is 0.134 e. The standard InChI is InChI=1S/C16H16FNOS/c1-9-4-7-14(20-9)15(18-3)16-10(2)12-8-11(17)5-6-13(12)19-16/h4-8,15,18H,1-3H3. The maximum atomic E-state index is 13.4. The van der Waals surface area contributed by atoms with Gasteiger partial charge in [0.15, 0.2) is 0 Å². The first-order valence-electron chi connectivity index (χ1n) is 6.52. The molecule has 1 aromatic carbocycles. The van der Waals surface area contributed by atoms with Gasteiger partial charge < -0.3 is 9.73 Å². The monoisotopic (exact) mass is 289 g/mol. The van der Waals surface area contributed by atoms with Crippen LogP contribution in [-0.2, 0) is 0 Å². The van der Waals surface area contributed by atoms with Crippen molar-refractivity contribution in [3.05, 3.63) is 57.2 Å². The molecule has 0 saturated heterocycles. The van der Waals surface area contributed by atoms with Gasteiger partial charge in [-0.2, -0.15) is 0 Å². The van der Waals surface area contributed by atoms with Gasteiger partial charge in [0.2, 0.25) is 0 Å². The van der Waals surface area contributed by atoms with Crippen LogP contribution in [0.3, 0.4) is 0 Å². The Morgan fingerprint density at radius 3 is 2.65 bits per heavy atom. The highest BCUT2D eigenvalue weighted by atomic mass is 32.1. The van der Waals surface area contributed by atoms with Crippen molar-refractivity contribution in [2.75, 3.05) is 7.05 Å². The molecular formula is C16H16FNOS. The van der Waals surface area contributed by atoms with E-state index in [0.717, 1.165) is 22.3 Å². The molecule has 0 radical (unpaired) electrons. The number of thiophene rings is 1. The molecule has 0 bridgehead atoms. The van der Waals surface area contributed by atoms with E-state index < -0.39 is 0 Å². The third kappa shape index (κ3) is 2.15. The van der Waals surface area contributed by atoms with E-state index in [0.29, 0.717) is 0 Å². The lowest BCUT2D eigenvalue weighted by atomic mass is 10.1. The van der Waals surface area contributed by atoms with Crippen LogP contribution in [0.1, 0.15) is 27.1 Å². The summed E-state index contributed by atoms with van der Waals surface area (Å²) in [7, 11) is 1.91. The molecule has 0 saturated carbocycles. The molecule has 3 aromatic rings. The van der Waals surface area contributed by atoms with Crippen LogP contribution < -0.4 is 5.32 Å². The second-order valence-corrected chi connectivity index (χ2v) is 6.22. The fraction of sp³-hybridized carbons (Fsp3) is 0.250. The summed E-state index contributed by atoms with van der Waals surface area (Å²) < 4.78 is 19.3. The normalized spacial score (nSPS) is 13.0. The van der Waals surface area contributed by atoms with Crippen LogP contribution in [0.15, 0.2) is 34.7 Å². The number of hydrogen-bond acceptors (Lipinski definition) is 3. The summed E-state index contributed by atoms with van der Waals surface area (Å²) in [4.78, 5) is 2.47. The topological polar surface area (TPSA) is 25.2 Å². The number of hydrogen-bond donors (Lipinski definition) is 1. The zero-order valence-electron chi connectivity index (χ0n) is 11.7. The van der Waals surface area contributed by atoms with E-state index in [1.165, 1.54) is 21.9 Å². The van der Waals surface area contributed by atoms with E-state index in [9.17, 15) is 4.39 Å². The molecule has 0 spiro atoms. The van der Waals surface area contributed by atoms with E-state index in [-0.39, 0.29) is 11.9 Å². The molecule has 0 aliphatic heterocycles. The number of benzene rings is 1. The average molecular weight is 289 g/mol. The van der Waals surface area contributed by atoms with E-state index in [1.54, 1.807) is 17.4 Å². The Labute approximate surface area is 121 Å². The molecule has 4 heteroatoms. The maximum Gasteiger partial charge on any atom is 0.134 e. The summed E-state index contributed by atoms with van der Waals surface area (Å²) in [5.74, 6) is 0.621. The minimum Gasteiger partial charge on any atom is -0.459 e. The van der Waals surface area contributed by atoms with E-state index in [2.05, 4.69) is 24.4 Å². The predicted octanol–water partition coefficient (Wildman–Crippen LogP) is 4.56. The molecule has 0 amide bonds. The van der Waals surface area contributed by atoms with Gasteiger partial charge in [-0.25, -0.2) is 4.39 Å². The predicted molar refractivity (Wildman–Crippen MR) is 80.9 cm³/mol. The second kappa shape index (κ2) is 5.04. The van der Waals surface area contributed by atoms with Crippen LogP contribution in [0.5, 0.6) is 0 Å². The lowest BCUT2D eigenvalue weighted by Crippen LogP contribution is -2.16. The Hall–Kier alpha value is -1.65. The first-order valence-corrected chi connectivity index (χ1v) is 7.34. The molecule has 104 valence electrons. The van der Waals surface area contributed by atoms with Crippen LogP contribution >= 0.6 is 11.3 Å². The third-order valence-electron chi connectivity index (χ3n) is 3.53. The van der Waals surface area contributed by atoms with Crippen LogP contribution in [0.2, 0.25) is 0 Å². The van der Waals surface area contributed by atoms with Crippen molar-refractivity contribution in [1.82, 2.24) is 5.32 Å². The SMILES string of the molecule is CNC(c1ccc(C)s1)c1oc2ccc(F)cc2c1C. The Balaban J connectivity index is 2.14. The molecule has 0 aliphatic rings. The first kappa shape index (κ1) is 13.3. The van der Waals surface area contributed by atoms with Crippen molar-refractivity contribution in [3.8, 4) is 0 Å². The minimum absolute atomic E-state index is 0.00385. The van der Waals surface area contributed by atoms with Crippen LogP contribution in [-0.4, -0.2) is 7.05 Å². The number of halogens is 1. The van der Waals surface area contributed by atoms with Gasteiger partial charge in [0.05, 0.1) is 0 Å². The summed E-state index contributed by atoms with van der Waals surface area (Å²) in [6.45, 7) is 4.06. The fourth-order valence-electron chi connectivity index (χ4n) is 2.50. The van der Waals surface area contributed by atoms with Gasteiger partial charge in [0.25, 0.3) is 0 Å². The van der Waals surface area contributed by atoms with Gasteiger partial charge in [-0.15, -0.1) is 11.3 Å². The van der Waals surface area contributed by atoms with E-state index in [1.807, 2.05) is 14.0 Å². The molecule has 1 N–H and O–H groups in total. The highest BCUT2D eigenvalue weighted by molar-refractivity contribution is 7.12. The quantitative estimate of drug-likeness (QED) is 0.764. The zero-order valence-corrected chi connectivity index (χ0v) is 12.5. The van der Waals surface area contributed by atoms with Crippen molar-refractivity contribution >= 4 is 22.3 Å². The summed E-state index contributed by atoms with van der Waals surface area (Å²) in [5, 5.41) is 4.13. The summed E-state index contributed by atoms with van der Waals surface area (Å²) in [5.41, 5.74) is 1.72. The maximum absolute atomic E-state index is 13.4. The van der Waals surface area contributed by atoms with Gasteiger partial charge in [0, 0.05) is 20.7 Å². The second-order valence-electron chi connectivity index (χ2n) is 4.90. The number of nitrogens with one attached hydrogen (secondary N) is 1. The Bertz CT molecular complexity index is 759. The van der Waals surface area contributed by atoms with Gasteiger partial charge in [-0.1, -0.05) is 0 Å². The highest BCUT2D eigenvalue weighted by Gasteiger charge is 2.22. The van der Waals surface area contributed by atoms with Gasteiger partial charge in [0.1, 0.15) is 23.2 Å². The Morgan fingerprint density at radius 1 is 1.20 bits per heavy atom. The molecule has 20 heavy (non-hydrogen) atoms. The number of fused-ring (bicyclic) bond motifs is 1. The molecule has 1 unspecified atom stereocenters. The zero-order chi connectivity index (χ0) is 14.3. The third-order valence-corrected chi connectivity index (χ3v) is 4.60. The Kier molecular flexibility index (Phi) is 3.36. The molecule has 0 fully saturated rings. The van der Waals surface area contributed by atoms with Crippen molar-refractivity contribution in [1.29, 1.82) is 0 Å². The lowest BCUT2D eigenvalue weighted by Gasteiger charge is -2.12. The first-order chi connectivity index (χ1) is 9.60. The molecule has 3 rings (SSSR count). The average Bonchev–Trinajstić information content (AvgIpc) is 2.97. The number of furan rings is 1. The fourth-order valence-corrected chi connectivity index (χ4v) is 3.49. The molecule has 2 aromatic heterocycles. The summed E-state index contributed by atoms with van der Waals surface area (Å²) in [6, 6.07) is 8.86. The Morgan fingerprint density at radius 2 is 2.00 bits per heavy atom. The number of rotatable bonds is 3. The minimum atomic E-state index is -0.235. The molecule has 1 atom stereocenters. The van der Waals surface area contributed by atoms with Crippen molar-refractivity contribution in [2.45, 2.75) is 19.9 Å². The van der Waals surface area contributed by atoms with Gasteiger partial charge >= 0.3 is 0 Å². The van der Waals surface area contributed by atoms with Gasteiger partial charge in [-0.3, -0.25) is 0 Å². The van der Waals surface area contributed by atoms with Crippen molar-refractivity contribution in [3.63, 3.8) is 0 Å². The lowest BCUT2D eigenvalue weighted by molar-refractivity contribution is 0.491. The molecule has 0 aliphatic carbocycles. The van der Waals surface area contributed by atoms with Crippen LogP contribution in [0.25, 0.3) is 11.0 Å². The van der Waals surface area contributed by atoms with Crippen molar-refractivity contribution < 1.29 is 8.81 Å². The van der Waals surface area contributed by atoms with E-state index >= 15 is 0 Å². The molecule has 2 heterocycles. The molecular weight excluding hydrogens is 273 g/mol. The van der Waals surface area contributed by atoms with Gasteiger partial charge in [-0.05, 0) is 51.2 Å². The van der Waals surface area contributed by atoms with Crippen LogP contribution in [0.4, 0.5) is 4.39 Å². The summed E-state index contributed by atoms with van der Waals surface area (Å²) in [6.07, 6.45) is 0. The number of aryl methyl sites for hydroxylation is 2. The highest BCUT2D eigenvalue weighted by Crippen LogP contribution is 2.35. The van der Waals surface area contributed by atoms with Crippen molar-refractivity contribution in [2.24, 2.45) is 0 Å². The van der Waals surface area contributed by atoms with Crippen LogP contribution in [0, 0.1) is 19.7 Å². The summed E-state index contributed by atoms with van der Waals surface area (Å²) >= 11 is 1.74. The molecule has 2 nitrogen and oxygen atoms in total. The largest absolute Gasteiger partial charge is 0.459 e. The van der Waals surface area contributed by atoms with E-state index in [4.69, 9.17) is 4.42 Å².